The fourth-order valence-corrected chi connectivity index (χ4v) is 6.47. The van der Waals surface area contributed by atoms with Gasteiger partial charge in [-0.15, -0.1) is 0 Å². The number of carbonyl (C=O) groups is 1. The number of amides is 1. The summed E-state index contributed by atoms with van der Waals surface area (Å²) in [5.74, 6) is 0.322. The van der Waals surface area contributed by atoms with Crippen LogP contribution in [0.4, 0.5) is 5.69 Å². The van der Waals surface area contributed by atoms with Crippen molar-refractivity contribution in [3.63, 3.8) is 0 Å². The minimum absolute atomic E-state index is 0.141. The molecule has 1 amide bonds. The van der Waals surface area contributed by atoms with Crippen LogP contribution in [0.1, 0.15) is 75.6 Å². The summed E-state index contributed by atoms with van der Waals surface area (Å²) in [6.45, 7) is 2.34. The lowest BCUT2D eigenvalue weighted by Crippen LogP contribution is -2.51. The van der Waals surface area contributed by atoms with Gasteiger partial charge in [0.2, 0.25) is 0 Å². The average molecular weight is 498 g/mol. The van der Waals surface area contributed by atoms with Crippen LogP contribution in [0.2, 0.25) is 0 Å². The molecule has 1 aliphatic heterocycles. The molecule has 1 aromatic heterocycles. The third kappa shape index (κ3) is 4.50. The van der Waals surface area contributed by atoms with Crippen LogP contribution >= 0.6 is 0 Å². The van der Waals surface area contributed by atoms with Crippen LogP contribution in [0.15, 0.2) is 58.4 Å². The van der Waals surface area contributed by atoms with Gasteiger partial charge in [0, 0.05) is 17.6 Å². The molecule has 2 aliphatic carbocycles. The van der Waals surface area contributed by atoms with Crippen LogP contribution in [0, 0.1) is 6.92 Å². The zero-order chi connectivity index (χ0) is 25.4. The molecule has 2 fully saturated rings. The monoisotopic (exact) mass is 497 g/mol. The van der Waals surface area contributed by atoms with Crippen LogP contribution in [-0.2, 0) is 4.79 Å². The maximum atomic E-state index is 14.0. The van der Waals surface area contributed by atoms with E-state index in [2.05, 4.69) is 15.0 Å². The smallest absolute Gasteiger partial charge is 0.282 e. The fourth-order valence-electron chi connectivity index (χ4n) is 6.47. The van der Waals surface area contributed by atoms with Crippen LogP contribution in [-0.4, -0.2) is 44.9 Å². The normalized spacial score (nSPS) is 20.3. The molecule has 3 aromatic rings. The highest BCUT2D eigenvalue weighted by Crippen LogP contribution is 2.34. The molecule has 7 heteroatoms. The van der Waals surface area contributed by atoms with Gasteiger partial charge in [0.25, 0.3) is 11.5 Å². The van der Waals surface area contributed by atoms with E-state index in [1.54, 1.807) is 13.0 Å². The molecule has 0 N–H and O–H groups in total. The predicted molar refractivity (Wildman–Crippen MR) is 147 cm³/mol. The number of aromatic nitrogens is 2. The second kappa shape index (κ2) is 10.2. The summed E-state index contributed by atoms with van der Waals surface area (Å²) >= 11 is 0. The van der Waals surface area contributed by atoms with E-state index in [0.29, 0.717) is 41.2 Å². The van der Waals surface area contributed by atoms with E-state index in [0.717, 1.165) is 11.3 Å². The summed E-state index contributed by atoms with van der Waals surface area (Å²) in [4.78, 5) is 36.4. The van der Waals surface area contributed by atoms with Crippen molar-refractivity contribution in [2.45, 2.75) is 83.2 Å². The highest BCUT2D eigenvalue weighted by atomic mass is 16.2. The molecule has 3 aliphatic rings. The van der Waals surface area contributed by atoms with Gasteiger partial charge in [0.1, 0.15) is 5.82 Å². The van der Waals surface area contributed by atoms with Crippen LogP contribution in [0.3, 0.4) is 0 Å². The SMILES string of the molecule is Cc1nc2ccccc2c(=O)n1/N=C1/C(=O)N(CN(C2CCCCC2)C2CCCCC2)c2ccccc21. The second-order valence-corrected chi connectivity index (χ2v) is 10.7. The number of anilines is 1. The van der Waals surface area contributed by atoms with Gasteiger partial charge < -0.3 is 0 Å². The largest absolute Gasteiger partial charge is 0.293 e. The third-order valence-corrected chi connectivity index (χ3v) is 8.41. The van der Waals surface area contributed by atoms with Gasteiger partial charge in [-0.2, -0.15) is 9.78 Å². The number of nitrogens with zero attached hydrogens (tertiary/aromatic N) is 5. The minimum Gasteiger partial charge on any atom is -0.293 e. The quantitative estimate of drug-likeness (QED) is 0.484. The Labute approximate surface area is 217 Å². The summed E-state index contributed by atoms with van der Waals surface area (Å²) in [6.07, 6.45) is 12.5. The van der Waals surface area contributed by atoms with Crippen molar-refractivity contribution < 1.29 is 4.79 Å². The molecule has 6 rings (SSSR count). The Bertz CT molecular complexity index is 1380. The molecule has 0 atom stereocenters. The Morgan fingerprint density at radius 2 is 1.49 bits per heavy atom. The van der Waals surface area contributed by atoms with Crippen molar-refractivity contribution in [2.75, 3.05) is 11.6 Å². The van der Waals surface area contributed by atoms with Crippen LogP contribution in [0.25, 0.3) is 10.9 Å². The zero-order valence-electron chi connectivity index (χ0n) is 21.6. The Balaban J connectivity index is 1.39. The fraction of sp³-hybridized carbons (Fsp3) is 0.467. The lowest BCUT2D eigenvalue weighted by Gasteiger charge is -2.43. The number of fused-ring (bicyclic) bond motifs is 2. The van der Waals surface area contributed by atoms with Crippen molar-refractivity contribution >= 4 is 28.2 Å². The highest BCUT2D eigenvalue weighted by Gasteiger charge is 2.38. The molecular weight excluding hydrogens is 462 g/mol. The van der Waals surface area contributed by atoms with Gasteiger partial charge >= 0.3 is 0 Å². The van der Waals surface area contributed by atoms with E-state index in [4.69, 9.17) is 0 Å². The van der Waals surface area contributed by atoms with E-state index in [9.17, 15) is 9.59 Å². The molecule has 0 spiro atoms. The summed E-state index contributed by atoms with van der Waals surface area (Å²) in [5, 5.41) is 5.16. The number of rotatable bonds is 5. The van der Waals surface area contributed by atoms with Gasteiger partial charge in [-0.3, -0.25) is 19.4 Å². The standard InChI is InChI=1S/C30H35N5O2/c1-21-31-26-18-10-8-16-24(26)29(36)35(21)32-28-25-17-9-11-19-27(25)34(30(28)37)20-33(22-12-4-2-5-13-22)23-14-6-3-7-15-23/h8-11,16-19,22-23H,2-7,12-15,20H2,1H3/b32-28+. The number of benzene rings is 2. The Morgan fingerprint density at radius 3 is 2.19 bits per heavy atom. The minimum atomic E-state index is -0.259. The molecule has 2 saturated carbocycles. The summed E-state index contributed by atoms with van der Waals surface area (Å²) in [5.41, 5.74) is 2.34. The molecule has 0 bridgehead atoms. The average Bonchev–Trinajstić information content (AvgIpc) is 3.20. The first kappa shape index (κ1) is 24.0. The Kier molecular flexibility index (Phi) is 6.63. The highest BCUT2D eigenvalue weighted by molar-refractivity contribution is 6.54. The van der Waals surface area contributed by atoms with E-state index in [1.165, 1.54) is 68.9 Å². The first-order valence-electron chi connectivity index (χ1n) is 13.9. The number of carbonyl (C=O) groups excluding carboxylic acids is 1. The maximum Gasteiger partial charge on any atom is 0.282 e. The Morgan fingerprint density at radius 1 is 0.865 bits per heavy atom. The predicted octanol–water partition coefficient (Wildman–Crippen LogP) is 5.23. The molecule has 192 valence electrons. The van der Waals surface area contributed by atoms with Gasteiger partial charge in [-0.05, 0) is 50.8 Å². The van der Waals surface area contributed by atoms with E-state index in [-0.39, 0.29) is 11.5 Å². The molecule has 7 nitrogen and oxygen atoms in total. The van der Waals surface area contributed by atoms with Crippen molar-refractivity contribution in [3.05, 3.63) is 70.3 Å². The zero-order valence-corrected chi connectivity index (χ0v) is 21.6. The number of para-hydroxylation sites is 2. The van der Waals surface area contributed by atoms with E-state index >= 15 is 0 Å². The lowest BCUT2D eigenvalue weighted by atomic mass is 9.89. The molecule has 0 unspecified atom stereocenters. The van der Waals surface area contributed by atoms with Crippen molar-refractivity contribution in [2.24, 2.45) is 5.10 Å². The van der Waals surface area contributed by atoms with Gasteiger partial charge in [0.15, 0.2) is 5.71 Å². The topological polar surface area (TPSA) is 70.8 Å². The molecule has 0 radical (unpaired) electrons. The molecule has 37 heavy (non-hydrogen) atoms. The van der Waals surface area contributed by atoms with Gasteiger partial charge in [0.05, 0.1) is 23.3 Å². The van der Waals surface area contributed by atoms with Crippen molar-refractivity contribution in [3.8, 4) is 0 Å². The molecule has 2 aromatic carbocycles. The third-order valence-electron chi connectivity index (χ3n) is 8.41. The van der Waals surface area contributed by atoms with Crippen molar-refractivity contribution in [1.82, 2.24) is 14.6 Å². The second-order valence-electron chi connectivity index (χ2n) is 10.7. The summed E-state index contributed by atoms with van der Waals surface area (Å²) in [7, 11) is 0. The molecule has 0 saturated heterocycles. The summed E-state index contributed by atoms with van der Waals surface area (Å²) < 4.78 is 1.29. The molecular formula is C30H35N5O2. The van der Waals surface area contributed by atoms with Gasteiger partial charge in [-0.25, -0.2) is 4.98 Å². The lowest BCUT2D eigenvalue weighted by molar-refractivity contribution is -0.113. The first-order chi connectivity index (χ1) is 18.1. The van der Waals surface area contributed by atoms with Crippen LogP contribution < -0.4 is 10.5 Å². The van der Waals surface area contributed by atoms with E-state index in [1.807, 2.05) is 47.4 Å². The summed E-state index contributed by atoms with van der Waals surface area (Å²) in [6, 6.07) is 16.1. The van der Waals surface area contributed by atoms with Crippen LogP contribution in [0.5, 0.6) is 0 Å². The first-order valence-corrected chi connectivity index (χ1v) is 13.9. The van der Waals surface area contributed by atoms with E-state index < -0.39 is 0 Å². The van der Waals surface area contributed by atoms with Crippen molar-refractivity contribution in [1.29, 1.82) is 0 Å². The van der Waals surface area contributed by atoms with Gasteiger partial charge in [-0.1, -0.05) is 68.9 Å². The Hall–Kier alpha value is -3.32. The maximum absolute atomic E-state index is 14.0. The number of hydrogen-bond acceptors (Lipinski definition) is 5. The number of hydrogen-bond donors (Lipinski definition) is 0. The number of aryl methyl sites for hydroxylation is 1. The molecule has 2 heterocycles.